The average Bonchev–Trinajstić information content (AvgIpc) is 2.37. The molecule has 0 aliphatic carbocycles. The van der Waals surface area contributed by atoms with Gasteiger partial charge in [-0.2, -0.15) is 0 Å². The van der Waals surface area contributed by atoms with Crippen molar-refractivity contribution >= 4 is 17.8 Å². The van der Waals surface area contributed by atoms with Crippen LogP contribution in [0.4, 0.5) is 0 Å². The largest absolute Gasteiger partial charge is 0.480 e. The van der Waals surface area contributed by atoms with Crippen LogP contribution in [0.1, 0.15) is 29.3 Å². The van der Waals surface area contributed by atoms with Crippen molar-refractivity contribution in [2.45, 2.75) is 25.8 Å². The second-order valence-corrected chi connectivity index (χ2v) is 4.05. The van der Waals surface area contributed by atoms with E-state index in [2.05, 4.69) is 5.32 Å². The summed E-state index contributed by atoms with van der Waals surface area (Å²) >= 11 is 0. The Labute approximate surface area is 110 Å². The topological polar surface area (TPSA) is 109 Å². The van der Waals surface area contributed by atoms with Gasteiger partial charge in [0.2, 0.25) is 5.91 Å². The number of hydrogen-bond acceptors (Lipinski definition) is 3. The highest BCUT2D eigenvalue weighted by Gasteiger charge is 2.23. The number of rotatable bonds is 6. The Morgan fingerprint density at radius 1 is 1.32 bits per heavy atom. The lowest BCUT2D eigenvalue weighted by Gasteiger charge is -2.14. The first-order chi connectivity index (χ1) is 8.95. The Kier molecular flexibility index (Phi) is 5.05. The summed E-state index contributed by atoms with van der Waals surface area (Å²) in [6, 6.07) is 5.58. The zero-order valence-electron chi connectivity index (χ0n) is 10.6. The maximum absolute atomic E-state index is 12.0. The van der Waals surface area contributed by atoms with Crippen LogP contribution in [0.2, 0.25) is 0 Å². The fraction of sp³-hybridized carbons (Fsp3) is 0.308. The van der Waals surface area contributed by atoms with Crippen LogP contribution in [0, 0.1) is 0 Å². The van der Waals surface area contributed by atoms with Crippen molar-refractivity contribution in [2.24, 2.45) is 5.73 Å². The number of aliphatic carboxylic acids is 1. The number of carbonyl (C=O) groups is 3. The van der Waals surface area contributed by atoms with Gasteiger partial charge in [-0.1, -0.05) is 25.1 Å². The van der Waals surface area contributed by atoms with Crippen LogP contribution in [0.25, 0.3) is 0 Å². The van der Waals surface area contributed by atoms with Gasteiger partial charge in [0.1, 0.15) is 6.04 Å². The molecule has 1 unspecified atom stereocenters. The number of benzene rings is 1. The van der Waals surface area contributed by atoms with Gasteiger partial charge in [0.15, 0.2) is 0 Å². The Morgan fingerprint density at radius 2 is 1.95 bits per heavy atom. The van der Waals surface area contributed by atoms with Crippen molar-refractivity contribution < 1.29 is 19.5 Å². The van der Waals surface area contributed by atoms with Gasteiger partial charge in [0, 0.05) is 5.56 Å². The molecule has 0 heterocycles. The summed E-state index contributed by atoms with van der Waals surface area (Å²) in [5.74, 6) is -2.59. The molecular weight excluding hydrogens is 248 g/mol. The van der Waals surface area contributed by atoms with Crippen LogP contribution in [0.5, 0.6) is 0 Å². The second kappa shape index (κ2) is 6.53. The second-order valence-electron chi connectivity index (χ2n) is 4.05. The fourth-order valence-electron chi connectivity index (χ4n) is 1.69. The predicted octanol–water partition coefficient (Wildman–Crippen LogP) is 0.307. The van der Waals surface area contributed by atoms with E-state index >= 15 is 0 Å². The first-order valence-electron chi connectivity index (χ1n) is 5.85. The van der Waals surface area contributed by atoms with E-state index < -0.39 is 30.2 Å². The molecule has 0 aromatic heterocycles. The molecule has 6 nitrogen and oxygen atoms in total. The van der Waals surface area contributed by atoms with Crippen molar-refractivity contribution in [3.05, 3.63) is 35.4 Å². The van der Waals surface area contributed by atoms with E-state index in [1.165, 1.54) is 0 Å². The predicted molar refractivity (Wildman–Crippen MR) is 68.5 cm³/mol. The Balaban J connectivity index is 2.87. The minimum Gasteiger partial charge on any atom is -0.480 e. The summed E-state index contributed by atoms with van der Waals surface area (Å²) < 4.78 is 0. The summed E-state index contributed by atoms with van der Waals surface area (Å²) in [5.41, 5.74) is 6.16. The third-order valence-electron chi connectivity index (χ3n) is 2.65. The van der Waals surface area contributed by atoms with E-state index in [4.69, 9.17) is 10.8 Å². The molecule has 0 spiro atoms. The van der Waals surface area contributed by atoms with Gasteiger partial charge in [-0.15, -0.1) is 0 Å². The molecule has 0 aliphatic heterocycles. The van der Waals surface area contributed by atoms with Crippen LogP contribution in [0.3, 0.4) is 0 Å². The summed E-state index contributed by atoms with van der Waals surface area (Å²) in [6.07, 6.45) is 0.215. The van der Waals surface area contributed by atoms with Crippen LogP contribution < -0.4 is 11.1 Å². The van der Waals surface area contributed by atoms with Crippen molar-refractivity contribution in [1.29, 1.82) is 0 Å². The molecule has 0 radical (unpaired) electrons. The third-order valence-corrected chi connectivity index (χ3v) is 2.65. The van der Waals surface area contributed by atoms with Gasteiger partial charge in [-0.3, -0.25) is 9.59 Å². The van der Waals surface area contributed by atoms with Crippen LogP contribution in [-0.4, -0.2) is 28.9 Å². The van der Waals surface area contributed by atoms with Gasteiger partial charge in [0.05, 0.1) is 6.42 Å². The lowest BCUT2D eigenvalue weighted by Crippen LogP contribution is -2.43. The van der Waals surface area contributed by atoms with Crippen LogP contribution in [0.15, 0.2) is 24.3 Å². The molecule has 1 aromatic rings. The highest BCUT2D eigenvalue weighted by molar-refractivity contribution is 5.98. The van der Waals surface area contributed by atoms with E-state index in [-0.39, 0.29) is 0 Å². The summed E-state index contributed by atoms with van der Waals surface area (Å²) in [4.78, 5) is 33.7. The lowest BCUT2D eigenvalue weighted by atomic mass is 10.0. The van der Waals surface area contributed by atoms with Crippen molar-refractivity contribution in [2.75, 3.05) is 0 Å². The number of primary amides is 1. The lowest BCUT2D eigenvalue weighted by molar-refractivity contribution is -0.140. The molecule has 0 fully saturated rings. The molecule has 2 amide bonds. The van der Waals surface area contributed by atoms with Crippen molar-refractivity contribution in [3.8, 4) is 0 Å². The molecule has 4 N–H and O–H groups in total. The van der Waals surface area contributed by atoms with Gasteiger partial charge >= 0.3 is 5.97 Å². The maximum atomic E-state index is 12.0. The number of carboxylic acid groups (broad SMARTS) is 1. The van der Waals surface area contributed by atoms with E-state index in [1.54, 1.807) is 24.3 Å². The van der Waals surface area contributed by atoms with Gasteiger partial charge in [0.25, 0.3) is 5.91 Å². The molecule has 102 valence electrons. The quantitative estimate of drug-likeness (QED) is 0.686. The summed E-state index contributed by atoms with van der Waals surface area (Å²) in [5, 5.41) is 11.2. The Morgan fingerprint density at radius 3 is 2.47 bits per heavy atom. The number of carbonyl (C=O) groups excluding carboxylic acids is 2. The van der Waals surface area contributed by atoms with E-state index in [0.29, 0.717) is 12.0 Å². The minimum absolute atomic E-state index is 0.403. The fourth-order valence-corrected chi connectivity index (χ4v) is 1.69. The number of carboxylic acids is 1. The van der Waals surface area contributed by atoms with E-state index in [9.17, 15) is 14.4 Å². The number of nitrogens with one attached hydrogen (secondary N) is 1. The SMILES string of the molecule is CCc1ccccc1C(=O)NC(CC(N)=O)C(=O)O. The van der Waals surface area contributed by atoms with Crippen LogP contribution >= 0.6 is 0 Å². The molecule has 0 aliphatic rings. The highest BCUT2D eigenvalue weighted by atomic mass is 16.4. The number of amides is 2. The molecule has 6 heteroatoms. The summed E-state index contributed by atoms with van der Waals surface area (Å²) in [7, 11) is 0. The molecule has 1 aromatic carbocycles. The van der Waals surface area contributed by atoms with Crippen LogP contribution in [-0.2, 0) is 16.0 Å². The number of nitrogens with two attached hydrogens (primary N) is 1. The standard InChI is InChI=1S/C13H16N2O4/c1-2-8-5-3-4-6-9(8)12(17)15-10(13(18)19)7-11(14)16/h3-6,10H,2,7H2,1H3,(H2,14,16)(H,15,17)(H,18,19). The summed E-state index contributed by atoms with van der Waals surface area (Å²) in [6.45, 7) is 1.89. The number of aryl methyl sites for hydroxylation is 1. The first kappa shape index (κ1) is 14.7. The maximum Gasteiger partial charge on any atom is 0.326 e. The minimum atomic E-state index is -1.31. The monoisotopic (exact) mass is 264 g/mol. The van der Waals surface area contributed by atoms with Gasteiger partial charge in [-0.05, 0) is 18.1 Å². The van der Waals surface area contributed by atoms with E-state index in [1.807, 2.05) is 6.92 Å². The Bertz CT molecular complexity index is 499. The average molecular weight is 264 g/mol. The third kappa shape index (κ3) is 4.09. The van der Waals surface area contributed by atoms with Crippen molar-refractivity contribution in [1.82, 2.24) is 5.32 Å². The molecule has 0 bridgehead atoms. The molecular formula is C13H16N2O4. The van der Waals surface area contributed by atoms with Crippen molar-refractivity contribution in [3.63, 3.8) is 0 Å². The van der Waals surface area contributed by atoms with Gasteiger partial charge < -0.3 is 16.2 Å². The molecule has 0 saturated carbocycles. The molecule has 0 saturated heterocycles. The first-order valence-corrected chi connectivity index (χ1v) is 5.85. The van der Waals surface area contributed by atoms with Gasteiger partial charge in [-0.25, -0.2) is 4.79 Å². The number of hydrogen-bond donors (Lipinski definition) is 3. The smallest absolute Gasteiger partial charge is 0.326 e. The molecule has 1 atom stereocenters. The zero-order valence-corrected chi connectivity index (χ0v) is 10.6. The van der Waals surface area contributed by atoms with E-state index in [0.717, 1.165) is 5.56 Å². The molecule has 19 heavy (non-hydrogen) atoms. The zero-order chi connectivity index (χ0) is 14.4. The highest BCUT2D eigenvalue weighted by Crippen LogP contribution is 2.10. The normalized spacial score (nSPS) is 11.6. The Hall–Kier alpha value is -2.37. The molecule has 1 rings (SSSR count).